The molecule has 1 fully saturated rings. The summed E-state index contributed by atoms with van der Waals surface area (Å²) in [6.07, 6.45) is 3.51. The molecule has 1 aromatic rings. The molecule has 0 aliphatic carbocycles. The molecule has 1 aliphatic heterocycles. The largest absolute Gasteiger partial charge is 0.377 e. The minimum absolute atomic E-state index is 0.206. The first-order valence-corrected chi connectivity index (χ1v) is 7.31. The Bertz CT molecular complexity index is 547. The lowest BCUT2D eigenvalue weighted by Gasteiger charge is -2.38. The molecule has 0 saturated carbocycles. The fourth-order valence-electron chi connectivity index (χ4n) is 2.11. The number of benzene rings is 1. The number of rotatable bonds is 5. The highest BCUT2D eigenvalue weighted by molar-refractivity contribution is 7.83. The molecule has 0 amide bonds. The van der Waals surface area contributed by atoms with Gasteiger partial charge in [0, 0.05) is 0 Å². The molecule has 1 N–H and O–H groups in total. The van der Waals surface area contributed by atoms with Crippen molar-refractivity contribution < 1.29 is 8.95 Å². The normalized spacial score (nSPS) is 18.4. The van der Waals surface area contributed by atoms with E-state index in [-0.39, 0.29) is 5.54 Å². The molecule has 0 spiro atoms. The van der Waals surface area contributed by atoms with E-state index in [0.717, 1.165) is 21.6 Å². The zero-order valence-electron chi connectivity index (χ0n) is 11.4. The number of hydrogen-bond donors (Lipinski definition) is 1. The van der Waals surface area contributed by atoms with Gasteiger partial charge in [-0.05, 0) is 36.6 Å². The van der Waals surface area contributed by atoms with Gasteiger partial charge in [0.05, 0.1) is 23.6 Å². The van der Waals surface area contributed by atoms with E-state index in [9.17, 15) is 4.21 Å². The molecule has 1 heterocycles. The maximum atomic E-state index is 12.5. The maximum absolute atomic E-state index is 12.5. The van der Waals surface area contributed by atoms with Crippen LogP contribution in [0, 0.1) is 6.92 Å². The second-order valence-corrected chi connectivity index (χ2v) is 6.22. The number of nitrogens with one attached hydrogen (secondary N) is 1. The Morgan fingerprint density at radius 2 is 1.95 bits per heavy atom. The Labute approximate surface area is 117 Å². The summed E-state index contributed by atoms with van der Waals surface area (Å²) in [4.78, 5) is 0.739. The van der Waals surface area contributed by atoms with E-state index in [2.05, 4.69) is 17.9 Å². The van der Waals surface area contributed by atoms with Crippen molar-refractivity contribution in [1.29, 1.82) is 0 Å². The highest BCUT2D eigenvalue weighted by Crippen LogP contribution is 2.25. The molecule has 1 saturated heterocycles. The first kappa shape index (κ1) is 14.2. The van der Waals surface area contributed by atoms with Crippen molar-refractivity contribution in [1.82, 2.24) is 4.72 Å². The summed E-state index contributed by atoms with van der Waals surface area (Å²) < 4.78 is 20.8. The molecule has 102 valence electrons. The van der Waals surface area contributed by atoms with Crippen molar-refractivity contribution in [3.05, 3.63) is 42.0 Å². The minimum atomic E-state index is -1.28. The maximum Gasteiger partial charge on any atom is 0.126 e. The van der Waals surface area contributed by atoms with Gasteiger partial charge < -0.3 is 4.74 Å². The molecule has 1 unspecified atom stereocenters. The van der Waals surface area contributed by atoms with Crippen molar-refractivity contribution in [2.45, 2.75) is 24.3 Å². The molecule has 4 heteroatoms. The van der Waals surface area contributed by atoms with Crippen molar-refractivity contribution >= 4 is 23.1 Å². The van der Waals surface area contributed by atoms with Crippen molar-refractivity contribution in [2.24, 2.45) is 0 Å². The molecule has 19 heavy (non-hydrogen) atoms. The van der Waals surface area contributed by atoms with Gasteiger partial charge in [0.2, 0.25) is 0 Å². The SMILES string of the molecule is C=Cc1c(C)ccc(S(=O)NC2(C)COC2)c1C=C. The van der Waals surface area contributed by atoms with Crippen molar-refractivity contribution in [3.8, 4) is 0 Å². The first-order chi connectivity index (χ1) is 9.00. The standard InChI is InChI=1S/C15H19NO2S/c1-5-12-11(3)7-8-14(13(12)6-2)19(17)16-15(4)9-18-10-15/h5-8,16H,1-2,9-10H2,3-4H3. The fraction of sp³-hybridized carbons (Fsp3) is 0.333. The highest BCUT2D eigenvalue weighted by Gasteiger charge is 2.35. The Kier molecular flexibility index (Phi) is 4.04. The van der Waals surface area contributed by atoms with Gasteiger partial charge in [0.1, 0.15) is 11.0 Å². The molecule has 1 aromatic carbocycles. The lowest BCUT2D eigenvalue weighted by atomic mass is 10.0. The summed E-state index contributed by atoms with van der Waals surface area (Å²) in [7, 11) is -1.28. The van der Waals surface area contributed by atoms with Gasteiger partial charge in [-0.2, -0.15) is 0 Å². The zero-order chi connectivity index (χ0) is 14.0. The number of hydrogen-bond acceptors (Lipinski definition) is 2. The van der Waals surface area contributed by atoms with Gasteiger partial charge in [-0.15, -0.1) is 0 Å². The summed E-state index contributed by atoms with van der Waals surface area (Å²) in [6, 6.07) is 3.84. The molecule has 2 rings (SSSR count). The van der Waals surface area contributed by atoms with E-state index in [1.165, 1.54) is 0 Å². The van der Waals surface area contributed by atoms with Crippen LogP contribution in [-0.2, 0) is 15.7 Å². The van der Waals surface area contributed by atoms with E-state index in [4.69, 9.17) is 4.74 Å². The fourth-order valence-corrected chi connectivity index (χ4v) is 3.37. The molecule has 1 atom stereocenters. The Hall–Kier alpha value is -1.23. The van der Waals surface area contributed by atoms with E-state index in [1.807, 2.05) is 26.0 Å². The van der Waals surface area contributed by atoms with Gasteiger partial charge in [-0.25, -0.2) is 8.93 Å². The first-order valence-electron chi connectivity index (χ1n) is 6.16. The van der Waals surface area contributed by atoms with Crippen LogP contribution in [0.1, 0.15) is 23.6 Å². The van der Waals surface area contributed by atoms with Crippen LogP contribution in [0.15, 0.2) is 30.2 Å². The molecular formula is C15H19NO2S. The third-order valence-corrected chi connectivity index (χ3v) is 4.69. The average molecular weight is 277 g/mol. The second-order valence-electron chi connectivity index (χ2n) is 5.04. The lowest BCUT2D eigenvalue weighted by molar-refractivity contribution is -0.0517. The number of aryl methyl sites for hydroxylation is 1. The third kappa shape index (κ3) is 2.71. The van der Waals surface area contributed by atoms with Gasteiger partial charge in [0.15, 0.2) is 0 Å². The van der Waals surface area contributed by atoms with Crippen molar-refractivity contribution in [3.63, 3.8) is 0 Å². The van der Waals surface area contributed by atoms with Crippen LogP contribution in [0.3, 0.4) is 0 Å². The summed E-state index contributed by atoms with van der Waals surface area (Å²) in [5, 5.41) is 0. The zero-order valence-corrected chi connectivity index (χ0v) is 12.2. The third-order valence-electron chi connectivity index (χ3n) is 3.25. The highest BCUT2D eigenvalue weighted by atomic mass is 32.2. The summed E-state index contributed by atoms with van der Waals surface area (Å²) in [5.41, 5.74) is 2.76. The van der Waals surface area contributed by atoms with Crippen LogP contribution < -0.4 is 4.72 Å². The van der Waals surface area contributed by atoms with Crippen molar-refractivity contribution in [2.75, 3.05) is 13.2 Å². The smallest absolute Gasteiger partial charge is 0.126 e. The van der Waals surface area contributed by atoms with Crippen LogP contribution >= 0.6 is 0 Å². The van der Waals surface area contributed by atoms with E-state index < -0.39 is 11.0 Å². The van der Waals surface area contributed by atoms with Gasteiger partial charge in [-0.1, -0.05) is 31.4 Å². The Balaban J connectivity index is 2.36. The van der Waals surface area contributed by atoms with Crippen LogP contribution in [0.2, 0.25) is 0 Å². The van der Waals surface area contributed by atoms with E-state index in [1.54, 1.807) is 12.2 Å². The monoisotopic (exact) mass is 277 g/mol. The average Bonchev–Trinajstić information content (AvgIpc) is 2.36. The molecule has 3 nitrogen and oxygen atoms in total. The summed E-state index contributed by atoms with van der Waals surface area (Å²) in [5.74, 6) is 0. The predicted octanol–water partition coefficient (Wildman–Crippen LogP) is 2.68. The summed E-state index contributed by atoms with van der Waals surface area (Å²) >= 11 is 0. The quantitative estimate of drug-likeness (QED) is 0.898. The van der Waals surface area contributed by atoms with Gasteiger partial charge in [0.25, 0.3) is 0 Å². The Morgan fingerprint density at radius 3 is 2.42 bits per heavy atom. The number of ether oxygens (including phenoxy) is 1. The molecule has 1 aliphatic rings. The predicted molar refractivity (Wildman–Crippen MR) is 80.1 cm³/mol. The van der Waals surface area contributed by atoms with Crippen LogP contribution in [0.25, 0.3) is 12.2 Å². The topological polar surface area (TPSA) is 38.3 Å². The van der Waals surface area contributed by atoms with Gasteiger partial charge >= 0.3 is 0 Å². The Morgan fingerprint density at radius 1 is 1.32 bits per heavy atom. The van der Waals surface area contributed by atoms with Crippen LogP contribution in [-0.4, -0.2) is 23.0 Å². The molecule has 0 bridgehead atoms. The molecular weight excluding hydrogens is 258 g/mol. The molecule has 0 aromatic heterocycles. The molecule has 0 radical (unpaired) electrons. The van der Waals surface area contributed by atoms with Crippen LogP contribution in [0.4, 0.5) is 0 Å². The van der Waals surface area contributed by atoms with Gasteiger partial charge in [-0.3, -0.25) is 0 Å². The second kappa shape index (κ2) is 5.41. The minimum Gasteiger partial charge on any atom is -0.377 e. The van der Waals surface area contributed by atoms with E-state index in [0.29, 0.717) is 13.2 Å². The summed E-state index contributed by atoms with van der Waals surface area (Å²) in [6.45, 7) is 12.8. The van der Waals surface area contributed by atoms with E-state index >= 15 is 0 Å². The lowest BCUT2D eigenvalue weighted by Crippen LogP contribution is -2.58. The van der Waals surface area contributed by atoms with Crippen LogP contribution in [0.5, 0.6) is 0 Å².